The molecule has 0 unspecified atom stereocenters. The van der Waals surface area contributed by atoms with Crippen molar-refractivity contribution in [3.8, 4) is 5.75 Å². The number of halogens is 1. The summed E-state index contributed by atoms with van der Waals surface area (Å²) in [7, 11) is 0. The van der Waals surface area contributed by atoms with Crippen LogP contribution in [0.5, 0.6) is 5.75 Å². The minimum absolute atomic E-state index is 0.105. The lowest BCUT2D eigenvalue weighted by atomic mass is 10.2. The first-order valence-corrected chi connectivity index (χ1v) is 12.1. The van der Waals surface area contributed by atoms with Crippen LogP contribution in [0.2, 0.25) is 5.02 Å². The fraction of sp³-hybridized carbons (Fsp3) is 0.0952. The van der Waals surface area contributed by atoms with Gasteiger partial charge in [0.15, 0.2) is 5.13 Å². The van der Waals surface area contributed by atoms with Crippen LogP contribution in [-0.2, 0) is 11.4 Å². The topological polar surface area (TPSA) is 132 Å². The average Bonchev–Trinajstić information content (AvgIpc) is 3.48. The molecule has 2 aromatic heterocycles. The second-order valence-corrected chi connectivity index (χ2v) is 8.88. The van der Waals surface area contributed by atoms with E-state index in [2.05, 4.69) is 31.0 Å². The summed E-state index contributed by atoms with van der Waals surface area (Å²) in [5.74, 6) is 6.76. The summed E-state index contributed by atoms with van der Waals surface area (Å²) in [6.45, 7) is 0.325. The molecule has 0 aliphatic carbocycles. The van der Waals surface area contributed by atoms with Crippen LogP contribution >= 0.6 is 34.7 Å². The Labute approximate surface area is 208 Å². The van der Waals surface area contributed by atoms with Gasteiger partial charge in [0.05, 0.1) is 12.0 Å². The number of para-hydroxylation sites is 1. The molecule has 174 valence electrons. The molecule has 2 aromatic carbocycles. The Hall–Kier alpha value is -3.61. The fourth-order valence-corrected chi connectivity index (χ4v) is 4.06. The Kier molecular flexibility index (Phi) is 7.96. The normalized spacial score (nSPS) is 11.0. The standard InChI is InChI=1S/C21H19ClN8O2S2/c22-16-7-3-1-6-15(16)12-32-17-8-4-2-5-14(17)11-25-27-19-28-29-21(30(19)23)34-13-18(31)26-20-24-9-10-33-20/h1-11H,12-13,23H2,(H,27,28)(H,24,26,31)/b25-11+. The van der Waals surface area contributed by atoms with Crippen LogP contribution in [0.3, 0.4) is 0 Å². The number of thiazole rings is 1. The maximum absolute atomic E-state index is 12.0. The number of hydrogen-bond donors (Lipinski definition) is 3. The lowest BCUT2D eigenvalue weighted by Crippen LogP contribution is -2.16. The number of benzene rings is 2. The molecule has 0 aliphatic rings. The highest BCUT2D eigenvalue weighted by Gasteiger charge is 2.12. The predicted octanol–water partition coefficient (Wildman–Crippen LogP) is 3.86. The summed E-state index contributed by atoms with van der Waals surface area (Å²) >= 11 is 8.68. The van der Waals surface area contributed by atoms with Crippen LogP contribution in [0.4, 0.5) is 11.1 Å². The molecule has 0 atom stereocenters. The molecule has 1 amide bonds. The zero-order valence-corrected chi connectivity index (χ0v) is 20.0. The van der Waals surface area contributed by atoms with E-state index >= 15 is 0 Å². The fourth-order valence-electron chi connectivity index (χ4n) is 2.67. The summed E-state index contributed by atoms with van der Waals surface area (Å²) in [4.78, 5) is 16.0. The number of nitrogen functional groups attached to an aromatic ring is 1. The van der Waals surface area contributed by atoms with Gasteiger partial charge in [0.1, 0.15) is 12.4 Å². The van der Waals surface area contributed by atoms with Gasteiger partial charge in [0.25, 0.3) is 5.95 Å². The number of amides is 1. The van der Waals surface area contributed by atoms with Crippen molar-refractivity contribution < 1.29 is 9.53 Å². The number of anilines is 2. The maximum Gasteiger partial charge on any atom is 0.264 e. The molecular weight excluding hydrogens is 496 g/mol. The number of carbonyl (C=O) groups excluding carboxylic acids is 1. The van der Waals surface area contributed by atoms with Crippen LogP contribution in [0, 0.1) is 0 Å². The molecule has 4 aromatic rings. The maximum atomic E-state index is 12.0. The van der Waals surface area contributed by atoms with Gasteiger partial charge in [-0.05, 0) is 18.2 Å². The van der Waals surface area contributed by atoms with Gasteiger partial charge in [-0.3, -0.25) is 4.79 Å². The largest absolute Gasteiger partial charge is 0.488 e. The van der Waals surface area contributed by atoms with Gasteiger partial charge >= 0.3 is 0 Å². The number of rotatable bonds is 10. The van der Waals surface area contributed by atoms with Crippen molar-refractivity contribution in [1.82, 2.24) is 19.9 Å². The third kappa shape index (κ3) is 6.25. The van der Waals surface area contributed by atoms with E-state index < -0.39 is 0 Å². The highest BCUT2D eigenvalue weighted by atomic mass is 35.5. The lowest BCUT2D eigenvalue weighted by molar-refractivity contribution is -0.113. The van der Waals surface area contributed by atoms with Crippen LogP contribution in [0.1, 0.15) is 11.1 Å². The van der Waals surface area contributed by atoms with E-state index in [1.807, 2.05) is 48.5 Å². The first-order valence-electron chi connectivity index (χ1n) is 9.87. The van der Waals surface area contributed by atoms with Crippen LogP contribution < -0.4 is 21.3 Å². The zero-order valence-electron chi connectivity index (χ0n) is 17.6. The minimum Gasteiger partial charge on any atom is -0.488 e. The van der Waals surface area contributed by atoms with Crippen molar-refractivity contribution in [1.29, 1.82) is 0 Å². The van der Waals surface area contributed by atoms with E-state index in [1.54, 1.807) is 17.8 Å². The first kappa shape index (κ1) is 23.5. The van der Waals surface area contributed by atoms with E-state index in [0.717, 1.165) is 22.9 Å². The number of hydrogen-bond acceptors (Lipinski definition) is 10. The molecule has 2 heterocycles. The van der Waals surface area contributed by atoms with Crippen molar-refractivity contribution in [2.45, 2.75) is 11.8 Å². The smallest absolute Gasteiger partial charge is 0.264 e. The van der Waals surface area contributed by atoms with E-state index in [0.29, 0.717) is 27.7 Å². The Morgan fingerprint density at radius 3 is 2.88 bits per heavy atom. The Balaban J connectivity index is 1.33. The monoisotopic (exact) mass is 514 g/mol. The SMILES string of the molecule is Nn1c(N/N=C/c2ccccc2OCc2ccccc2Cl)nnc1SCC(=O)Nc1nccs1. The highest BCUT2D eigenvalue weighted by molar-refractivity contribution is 7.99. The highest BCUT2D eigenvalue weighted by Crippen LogP contribution is 2.21. The van der Waals surface area contributed by atoms with Gasteiger partial charge in [-0.2, -0.15) is 5.10 Å². The van der Waals surface area contributed by atoms with Crippen molar-refractivity contribution in [3.05, 3.63) is 76.3 Å². The number of ether oxygens (including phenoxy) is 1. The molecule has 0 aliphatic heterocycles. The number of nitrogens with zero attached hydrogens (tertiary/aromatic N) is 5. The molecule has 10 nitrogen and oxygen atoms in total. The zero-order chi connectivity index (χ0) is 23.8. The van der Waals surface area contributed by atoms with Gasteiger partial charge in [-0.15, -0.1) is 21.5 Å². The number of hydrazone groups is 1. The molecule has 0 bridgehead atoms. The second-order valence-electron chi connectivity index (χ2n) is 6.64. The second kappa shape index (κ2) is 11.5. The number of carbonyl (C=O) groups is 1. The number of nitrogens with one attached hydrogen (secondary N) is 2. The Bertz CT molecular complexity index is 1280. The summed E-state index contributed by atoms with van der Waals surface area (Å²) in [6, 6.07) is 15.0. The van der Waals surface area contributed by atoms with Crippen LogP contribution in [0.15, 0.2) is 70.4 Å². The van der Waals surface area contributed by atoms with Crippen molar-refractivity contribution in [2.75, 3.05) is 22.3 Å². The van der Waals surface area contributed by atoms with Crippen LogP contribution in [0.25, 0.3) is 0 Å². The van der Waals surface area contributed by atoms with E-state index in [1.165, 1.54) is 16.0 Å². The molecule has 4 rings (SSSR count). The molecule has 4 N–H and O–H groups in total. The Morgan fingerprint density at radius 2 is 2.06 bits per heavy atom. The molecule has 13 heteroatoms. The Morgan fingerprint density at radius 1 is 1.24 bits per heavy atom. The van der Waals surface area contributed by atoms with Gasteiger partial charge in [-0.25, -0.2) is 15.1 Å². The third-order valence-electron chi connectivity index (χ3n) is 4.30. The molecule has 0 spiro atoms. The van der Waals surface area contributed by atoms with E-state index in [4.69, 9.17) is 22.2 Å². The average molecular weight is 515 g/mol. The number of thioether (sulfide) groups is 1. The molecule has 0 fully saturated rings. The van der Waals surface area contributed by atoms with E-state index in [-0.39, 0.29) is 17.6 Å². The van der Waals surface area contributed by atoms with E-state index in [9.17, 15) is 4.79 Å². The predicted molar refractivity (Wildman–Crippen MR) is 135 cm³/mol. The summed E-state index contributed by atoms with van der Waals surface area (Å²) in [5, 5.41) is 18.1. The summed E-state index contributed by atoms with van der Waals surface area (Å²) in [5.41, 5.74) is 4.38. The number of nitrogens with two attached hydrogens (primary N) is 1. The summed E-state index contributed by atoms with van der Waals surface area (Å²) in [6.07, 6.45) is 3.21. The lowest BCUT2D eigenvalue weighted by Gasteiger charge is -2.10. The minimum atomic E-state index is -0.219. The molecule has 34 heavy (non-hydrogen) atoms. The molecule has 0 saturated heterocycles. The first-order chi connectivity index (χ1) is 16.6. The van der Waals surface area contributed by atoms with Gasteiger partial charge in [-0.1, -0.05) is 53.7 Å². The van der Waals surface area contributed by atoms with Crippen LogP contribution in [-0.4, -0.2) is 37.7 Å². The third-order valence-corrected chi connectivity index (χ3v) is 6.30. The van der Waals surface area contributed by atoms with Crippen molar-refractivity contribution >= 4 is 57.9 Å². The van der Waals surface area contributed by atoms with Crippen molar-refractivity contribution in [3.63, 3.8) is 0 Å². The van der Waals surface area contributed by atoms with Gasteiger partial charge in [0, 0.05) is 27.7 Å². The summed E-state index contributed by atoms with van der Waals surface area (Å²) < 4.78 is 7.14. The number of aromatic nitrogens is 4. The van der Waals surface area contributed by atoms with Gasteiger partial charge < -0.3 is 15.9 Å². The quantitative estimate of drug-likeness (QED) is 0.126. The molecule has 0 saturated carbocycles. The molecule has 0 radical (unpaired) electrons. The molecular formula is C21H19ClN8O2S2. The van der Waals surface area contributed by atoms with Gasteiger partial charge in [0.2, 0.25) is 11.1 Å². The van der Waals surface area contributed by atoms with Crippen molar-refractivity contribution in [2.24, 2.45) is 5.10 Å².